The number of carbonyl (C=O) groups is 2. The van der Waals surface area contributed by atoms with Gasteiger partial charge >= 0.3 is 0 Å². The van der Waals surface area contributed by atoms with Crippen LogP contribution >= 0.6 is 0 Å². The van der Waals surface area contributed by atoms with Crippen LogP contribution < -0.4 is 5.43 Å². The summed E-state index contributed by atoms with van der Waals surface area (Å²) in [6.45, 7) is 11.1. The van der Waals surface area contributed by atoms with Crippen LogP contribution in [-0.2, 0) is 0 Å². The number of amides is 2. The fourth-order valence-electron chi connectivity index (χ4n) is 2.83. The Hall–Kier alpha value is -2.66. The first-order valence-corrected chi connectivity index (χ1v) is 9.01. The van der Waals surface area contributed by atoms with Crippen LogP contribution in [-0.4, -0.2) is 27.5 Å². The molecular weight excluding hydrogens is 340 g/mol. The Morgan fingerprint density at radius 2 is 1.48 bits per heavy atom. The van der Waals surface area contributed by atoms with Crippen LogP contribution in [0.5, 0.6) is 0 Å². The van der Waals surface area contributed by atoms with Gasteiger partial charge in [0, 0.05) is 11.1 Å². The lowest BCUT2D eigenvalue weighted by Gasteiger charge is -2.35. The van der Waals surface area contributed by atoms with Crippen LogP contribution in [0.25, 0.3) is 0 Å². The molecule has 5 nitrogen and oxygen atoms in total. The average Bonchev–Trinajstić information content (AvgIpc) is 2.57. The van der Waals surface area contributed by atoms with E-state index in [0.717, 1.165) is 16.7 Å². The molecular formula is C22H28N2O3. The predicted octanol–water partition coefficient (Wildman–Crippen LogP) is 3.94. The molecule has 0 heterocycles. The van der Waals surface area contributed by atoms with Gasteiger partial charge in [-0.1, -0.05) is 29.3 Å². The number of carbonyl (C=O) groups excluding carboxylic acids is 2. The van der Waals surface area contributed by atoms with Gasteiger partial charge in [0.25, 0.3) is 11.8 Å². The molecule has 0 saturated carbocycles. The van der Waals surface area contributed by atoms with Gasteiger partial charge in [0.05, 0.1) is 11.6 Å². The molecule has 2 aromatic rings. The molecule has 2 rings (SSSR count). The zero-order valence-electron chi connectivity index (χ0n) is 16.8. The summed E-state index contributed by atoms with van der Waals surface area (Å²) in [5.41, 5.74) is 5.80. The number of nitrogens with zero attached hydrogens (tertiary/aromatic N) is 1. The van der Waals surface area contributed by atoms with Crippen molar-refractivity contribution in [3.63, 3.8) is 0 Å². The second kappa shape index (κ2) is 7.92. The van der Waals surface area contributed by atoms with E-state index in [-0.39, 0.29) is 11.8 Å². The summed E-state index contributed by atoms with van der Waals surface area (Å²) in [4.78, 5) is 25.8. The maximum Gasteiger partial charge on any atom is 0.272 e. The molecule has 1 unspecified atom stereocenters. The first-order chi connectivity index (χ1) is 12.5. The Morgan fingerprint density at radius 3 is 1.93 bits per heavy atom. The fraction of sp³-hybridized carbons (Fsp3) is 0.364. The topological polar surface area (TPSA) is 69.6 Å². The number of aliphatic hydroxyl groups is 1. The molecule has 0 fully saturated rings. The maximum absolute atomic E-state index is 13.1. The number of nitrogens with one attached hydrogen (secondary N) is 1. The number of hydrogen-bond acceptors (Lipinski definition) is 3. The van der Waals surface area contributed by atoms with Crippen molar-refractivity contribution in [3.05, 3.63) is 70.3 Å². The summed E-state index contributed by atoms with van der Waals surface area (Å²) in [6, 6.07) is 12.3. The van der Waals surface area contributed by atoms with E-state index in [2.05, 4.69) is 5.43 Å². The predicted molar refractivity (Wildman–Crippen MR) is 106 cm³/mol. The lowest BCUT2D eigenvalue weighted by molar-refractivity contribution is 0.0358. The Kier molecular flexibility index (Phi) is 6.06. The van der Waals surface area contributed by atoms with Crippen LogP contribution in [0, 0.1) is 13.8 Å². The highest BCUT2D eigenvalue weighted by atomic mass is 16.3. The molecule has 0 radical (unpaired) electrons. The minimum atomic E-state index is -0.607. The van der Waals surface area contributed by atoms with Gasteiger partial charge in [-0.25, -0.2) is 5.01 Å². The van der Waals surface area contributed by atoms with Crippen LogP contribution in [0.1, 0.15) is 71.2 Å². The number of hydrazine groups is 1. The smallest absolute Gasteiger partial charge is 0.272 e. The van der Waals surface area contributed by atoms with Gasteiger partial charge in [-0.15, -0.1) is 0 Å². The Morgan fingerprint density at radius 1 is 0.963 bits per heavy atom. The first kappa shape index (κ1) is 20.6. The second-order valence-corrected chi connectivity index (χ2v) is 7.93. The van der Waals surface area contributed by atoms with Gasteiger partial charge in [-0.05, 0) is 71.4 Å². The van der Waals surface area contributed by atoms with Gasteiger partial charge in [0.15, 0.2) is 0 Å². The molecule has 2 N–H and O–H groups in total. The van der Waals surface area contributed by atoms with E-state index in [4.69, 9.17) is 0 Å². The van der Waals surface area contributed by atoms with Crippen molar-refractivity contribution in [1.29, 1.82) is 0 Å². The third kappa shape index (κ3) is 5.17. The van der Waals surface area contributed by atoms with E-state index in [1.165, 1.54) is 5.01 Å². The standard InChI is InChI=1S/C22H28N2O3/c1-14-11-15(2)13-19(12-14)21(27)24(22(4,5)6)23-20(26)18-9-7-17(8-10-18)16(3)25/h7-13,16,25H,1-6H3,(H,23,26). The minimum Gasteiger partial charge on any atom is -0.389 e. The Labute approximate surface area is 161 Å². The number of hydrogen-bond donors (Lipinski definition) is 2. The minimum absolute atomic E-state index is 0.261. The third-order valence-corrected chi connectivity index (χ3v) is 4.21. The molecule has 27 heavy (non-hydrogen) atoms. The van der Waals surface area contributed by atoms with Crippen molar-refractivity contribution in [2.24, 2.45) is 0 Å². The van der Waals surface area contributed by atoms with E-state index < -0.39 is 11.6 Å². The van der Waals surface area contributed by atoms with Crippen molar-refractivity contribution >= 4 is 11.8 Å². The maximum atomic E-state index is 13.1. The van der Waals surface area contributed by atoms with Gasteiger partial charge in [0.1, 0.15) is 0 Å². The first-order valence-electron chi connectivity index (χ1n) is 9.01. The molecule has 0 aliphatic heterocycles. The zero-order chi connectivity index (χ0) is 20.4. The molecule has 0 aromatic heterocycles. The normalized spacial score (nSPS) is 12.4. The Bertz CT molecular complexity index is 813. The quantitative estimate of drug-likeness (QED) is 0.806. The number of rotatable bonds is 3. The summed E-state index contributed by atoms with van der Waals surface area (Å²) in [5, 5.41) is 11.0. The summed E-state index contributed by atoms with van der Waals surface area (Å²) in [7, 11) is 0. The van der Waals surface area contributed by atoms with Crippen molar-refractivity contribution in [3.8, 4) is 0 Å². The van der Waals surface area contributed by atoms with Crippen LogP contribution in [0.4, 0.5) is 0 Å². The molecule has 0 bridgehead atoms. The molecule has 0 spiro atoms. The van der Waals surface area contributed by atoms with E-state index in [1.54, 1.807) is 31.2 Å². The van der Waals surface area contributed by atoms with E-state index >= 15 is 0 Å². The highest BCUT2D eigenvalue weighted by Crippen LogP contribution is 2.18. The highest BCUT2D eigenvalue weighted by molar-refractivity contribution is 5.99. The van der Waals surface area contributed by atoms with E-state index in [9.17, 15) is 14.7 Å². The van der Waals surface area contributed by atoms with Gasteiger partial charge in [0.2, 0.25) is 0 Å². The van der Waals surface area contributed by atoms with Crippen molar-refractivity contribution in [2.75, 3.05) is 0 Å². The Balaban J connectivity index is 2.28. The van der Waals surface area contributed by atoms with E-state index in [1.807, 2.05) is 52.8 Å². The lowest BCUT2D eigenvalue weighted by Crippen LogP contribution is -2.55. The third-order valence-electron chi connectivity index (χ3n) is 4.21. The van der Waals surface area contributed by atoms with Crippen LogP contribution in [0.3, 0.4) is 0 Å². The largest absolute Gasteiger partial charge is 0.389 e. The van der Waals surface area contributed by atoms with Crippen molar-refractivity contribution in [2.45, 2.75) is 53.2 Å². The van der Waals surface area contributed by atoms with Crippen LogP contribution in [0.2, 0.25) is 0 Å². The summed E-state index contributed by atoms with van der Waals surface area (Å²) in [5.74, 6) is -0.636. The average molecular weight is 368 g/mol. The van der Waals surface area contributed by atoms with Crippen molar-refractivity contribution < 1.29 is 14.7 Å². The summed E-state index contributed by atoms with van der Waals surface area (Å²) >= 11 is 0. The molecule has 2 aromatic carbocycles. The monoisotopic (exact) mass is 368 g/mol. The molecule has 5 heteroatoms. The second-order valence-electron chi connectivity index (χ2n) is 7.93. The molecule has 2 amide bonds. The highest BCUT2D eigenvalue weighted by Gasteiger charge is 2.29. The zero-order valence-corrected chi connectivity index (χ0v) is 16.8. The van der Waals surface area contributed by atoms with Gasteiger partial charge < -0.3 is 5.11 Å². The molecule has 0 aliphatic rings. The summed E-state index contributed by atoms with van der Waals surface area (Å²) in [6.07, 6.45) is -0.598. The van der Waals surface area contributed by atoms with Crippen molar-refractivity contribution in [1.82, 2.24) is 10.4 Å². The van der Waals surface area contributed by atoms with Gasteiger partial charge in [-0.3, -0.25) is 15.0 Å². The molecule has 1 atom stereocenters. The van der Waals surface area contributed by atoms with Gasteiger partial charge in [-0.2, -0.15) is 0 Å². The number of benzene rings is 2. The number of aryl methyl sites for hydroxylation is 2. The number of aliphatic hydroxyl groups excluding tert-OH is 1. The molecule has 0 saturated heterocycles. The molecule has 144 valence electrons. The summed E-state index contributed by atoms with van der Waals surface area (Å²) < 4.78 is 0. The SMILES string of the molecule is Cc1cc(C)cc(C(=O)N(NC(=O)c2ccc(C(C)O)cc2)C(C)(C)C)c1. The lowest BCUT2D eigenvalue weighted by atomic mass is 10.0. The van der Waals surface area contributed by atoms with Crippen LogP contribution in [0.15, 0.2) is 42.5 Å². The van der Waals surface area contributed by atoms with E-state index in [0.29, 0.717) is 11.1 Å². The fourth-order valence-corrected chi connectivity index (χ4v) is 2.83. The molecule has 0 aliphatic carbocycles.